The third kappa shape index (κ3) is 24.6. The van der Waals surface area contributed by atoms with Crippen LogP contribution < -0.4 is 43.8 Å². The van der Waals surface area contributed by atoms with E-state index < -0.39 is 5.97 Å². The molecule has 610 valence electrons. The van der Waals surface area contributed by atoms with Gasteiger partial charge < -0.3 is 64.1 Å². The Hall–Kier alpha value is -13.5. The van der Waals surface area contributed by atoms with Gasteiger partial charge in [-0.15, -0.1) is 0 Å². The van der Waals surface area contributed by atoms with Crippen LogP contribution in [0.25, 0.3) is 9.69 Å². The van der Waals surface area contributed by atoms with E-state index in [0.717, 1.165) is 167 Å². The second-order valence-electron chi connectivity index (χ2n) is 30.3. The molecule has 10 aromatic carbocycles. The van der Waals surface area contributed by atoms with Gasteiger partial charge in [0.1, 0.15) is 5.84 Å². The molecule has 16 rings (SSSR count). The van der Waals surface area contributed by atoms with Crippen LogP contribution in [0.2, 0.25) is 0 Å². The number of anilines is 6. The van der Waals surface area contributed by atoms with Crippen molar-refractivity contribution in [3.05, 3.63) is 329 Å². The maximum atomic E-state index is 12.4. The molecule has 6 aliphatic rings. The van der Waals surface area contributed by atoms with Gasteiger partial charge in [0.05, 0.1) is 19.7 Å². The molecule has 0 atom stereocenters. The molecule has 0 saturated heterocycles. The number of aliphatic carboxylic acids is 1. The number of benzene rings is 10. The van der Waals surface area contributed by atoms with E-state index in [1.807, 2.05) is 65.6 Å². The van der Waals surface area contributed by atoms with Crippen molar-refractivity contribution < 1.29 is 33.9 Å². The maximum Gasteiger partial charge on any atom is 0.317 e. The standard InChI is InChI=1S/C20H23N3O.C19H20N4O3.C19H19N3O.C18H17N3O.C10H14N2.C9H10N2O/c1-3-23-11-10-17-12-19(9-8-18(17)13-23)22-20(24)16-6-4-15(5-7-16)14(2)21;20-18(21)12-1-3-13(4-2-12)19(26)22-16-6-5-15-10-23(11-17(24)25)8-7-14(15)9-16;1-3-22-11-10-15-12-18(9-6-16(15)13-22)21-19(23)14-4-7-17(20-2)8-5-14;1-19-16-6-3-13(4-7-16)18(22)20-17-8-5-15-12-21(2)10-9-14(15)11-17;1-12-5-4-8-6-10(11)3-2-9(8)7-12;10-7-1-2-8-6(5-7)3-4-11-9(8)12/h4-9,12,21H,3,10-11,13H2,1-2H3,(H,22,24);1-6,9H,7-8,10-11H2,(H3,20,21)(H,22,26)(H,24,25);4-9,12H,3,10-11,13H2,1H3,(H,21,23);3-8,11H,9-10,12H2,2H3,(H,20,22);2-3,6H,4-5,7,11H2,1H3;1-2,5H,3-4,10H2,(H,11,12). The largest absolute Gasteiger partial charge is 0.480 e. The van der Waals surface area contributed by atoms with Gasteiger partial charge >= 0.3 is 5.97 Å². The number of hydrogen-bond acceptors (Lipinski definition) is 15. The molecule has 24 nitrogen and oxygen atoms in total. The Balaban J connectivity index is 0.000000143. The Labute approximate surface area is 696 Å². The number of nitrogens with two attached hydrogens (primary N) is 3. The Bertz CT molecular complexity index is 5450. The second-order valence-corrected chi connectivity index (χ2v) is 30.3. The quantitative estimate of drug-likeness (QED) is 0.0209. The number of nitrogens with zero attached hydrogens (tertiary/aromatic N) is 7. The summed E-state index contributed by atoms with van der Waals surface area (Å²) >= 11 is 0. The molecular weight excluding hydrogens is 1490 g/mol. The van der Waals surface area contributed by atoms with Crippen LogP contribution in [0.15, 0.2) is 206 Å². The Morgan fingerprint density at radius 1 is 0.412 bits per heavy atom. The lowest BCUT2D eigenvalue weighted by atomic mass is 9.99. The van der Waals surface area contributed by atoms with E-state index in [9.17, 15) is 28.8 Å². The summed E-state index contributed by atoms with van der Waals surface area (Å²) in [4.78, 5) is 89.4. The average molecular weight is 1590 g/mol. The fourth-order valence-corrected chi connectivity index (χ4v) is 14.7. The van der Waals surface area contributed by atoms with Gasteiger partial charge in [0, 0.05) is 145 Å². The number of likely N-dealkylation sites (N-methyl/N-ethyl adjacent to an activating group) is 4. The minimum Gasteiger partial charge on any atom is -0.480 e. The zero-order valence-corrected chi connectivity index (χ0v) is 68.0. The number of nitrogen functional groups attached to an aromatic ring is 3. The van der Waals surface area contributed by atoms with Crippen LogP contribution in [-0.4, -0.2) is 150 Å². The highest BCUT2D eigenvalue weighted by molar-refractivity contribution is 6.07. The van der Waals surface area contributed by atoms with E-state index in [4.69, 9.17) is 46.3 Å². The summed E-state index contributed by atoms with van der Waals surface area (Å²) < 4.78 is 0. The van der Waals surface area contributed by atoms with Crippen molar-refractivity contribution in [2.45, 2.75) is 92.0 Å². The summed E-state index contributed by atoms with van der Waals surface area (Å²) in [5.41, 5.74) is 41.6. The molecule has 5 amide bonds. The number of rotatable bonds is 14. The van der Waals surface area contributed by atoms with Crippen LogP contribution in [0.4, 0.5) is 45.5 Å². The third-order valence-electron chi connectivity index (χ3n) is 21.6. The average Bonchev–Trinajstić information content (AvgIpc) is 0.832. The summed E-state index contributed by atoms with van der Waals surface area (Å²) in [5, 5.41) is 38.4. The van der Waals surface area contributed by atoms with E-state index in [-0.39, 0.29) is 41.9 Å². The maximum absolute atomic E-state index is 12.4. The molecule has 119 heavy (non-hydrogen) atoms. The van der Waals surface area contributed by atoms with Crippen LogP contribution in [0.1, 0.15) is 145 Å². The zero-order chi connectivity index (χ0) is 84.7. The molecule has 14 N–H and O–H groups in total. The van der Waals surface area contributed by atoms with Crippen LogP contribution in [0.5, 0.6) is 0 Å². The number of nitrogens with one attached hydrogen (secondary N) is 7. The third-order valence-corrected chi connectivity index (χ3v) is 21.6. The molecule has 0 bridgehead atoms. The summed E-state index contributed by atoms with van der Waals surface area (Å²) in [6.07, 6.45) is 5.82. The van der Waals surface area contributed by atoms with Crippen LogP contribution in [0.3, 0.4) is 0 Å². The first-order valence-electron chi connectivity index (χ1n) is 39.9. The van der Waals surface area contributed by atoms with Gasteiger partial charge in [0.25, 0.3) is 29.5 Å². The molecule has 0 aromatic heterocycles. The fourth-order valence-electron chi connectivity index (χ4n) is 14.7. The van der Waals surface area contributed by atoms with E-state index in [0.29, 0.717) is 63.7 Å². The van der Waals surface area contributed by atoms with Gasteiger partial charge in [-0.1, -0.05) is 117 Å². The lowest BCUT2D eigenvalue weighted by molar-refractivity contribution is -0.138. The highest BCUT2D eigenvalue weighted by Crippen LogP contribution is 2.29. The lowest BCUT2D eigenvalue weighted by Crippen LogP contribution is -2.34. The number of carbonyl (C=O) groups excluding carboxylic acids is 5. The number of hydrogen-bond donors (Lipinski definition) is 11. The second kappa shape index (κ2) is 41.4. The number of amidine groups is 1. The first-order chi connectivity index (χ1) is 57.3. The summed E-state index contributed by atoms with van der Waals surface area (Å²) in [5.74, 6) is -1.50. The smallest absolute Gasteiger partial charge is 0.317 e. The molecule has 6 heterocycles. The first kappa shape index (κ1) is 86.4. The predicted molar refractivity (Wildman–Crippen MR) is 473 cm³/mol. The van der Waals surface area contributed by atoms with Crippen molar-refractivity contribution in [2.24, 2.45) is 5.73 Å². The fraction of sp³-hybridized carbons (Fsp3) is 0.263. The molecule has 0 unspecified atom stereocenters. The number of amides is 5. The number of carbonyl (C=O) groups is 6. The Morgan fingerprint density at radius 3 is 1.10 bits per heavy atom. The van der Waals surface area contributed by atoms with Crippen molar-refractivity contribution in [3.8, 4) is 0 Å². The van der Waals surface area contributed by atoms with Crippen LogP contribution in [-0.2, 0) is 76.0 Å². The SMILES string of the molecule is CCN1CCc2cc(NC(=O)c3ccc(C(C)=N)cc3)ccc2C1.CN1CCc2cc(N)ccc2C1.N=C(N)c1ccc(C(=O)Nc2ccc3c(c2)CCN(CC(=O)O)C3)cc1.Nc1ccc2c(c1)CCNC2=O.[C-]#[N+]c1ccc(C(=O)Nc2ccc3c(c2)CCN(C)C3)cc1.[C-]#[N+]c1ccc(C(=O)Nc2ccc3c(c2)CCN(CC)C3)cc1. The van der Waals surface area contributed by atoms with Crippen LogP contribution in [0, 0.1) is 24.0 Å². The molecule has 0 radical (unpaired) electrons. The lowest BCUT2D eigenvalue weighted by Gasteiger charge is -2.27. The molecule has 0 fully saturated rings. The normalized spacial score (nSPS) is 14.4. The Morgan fingerprint density at radius 2 is 0.731 bits per heavy atom. The molecule has 0 saturated carbocycles. The van der Waals surface area contributed by atoms with E-state index in [1.54, 1.807) is 104 Å². The Kier molecular flexibility index (Phi) is 30.1. The van der Waals surface area contributed by atoms with Gasteiger partial charge in [-0.05, 0) is 243 Å². The first-order valence-corrected chi connectivity index (χ1v) is 39.9. The highest BCUT2D eigenvalue weighted by atomic mass is 16.4. The van der Waals surface area contributed by atoms with Crippen molar-refractivity contribution in [3.63, 3.8) is 0 Å². The van der Waals surface area contributed by atoms with Gasteiger partial charge in [0.15, 0.2) is 11.4 Å². The van der Waals surface area contributed by atoms with Crippen LogP contribution >= 0.6 is 0 Å². The van der Waals surface area contributed by atoms with Gasteiger partial charge in [0.2, 0.25) is 0 Å². The molecule has 24 heteroatoms. The van der Waals surface area contributed by atoms with Gasteiger partial charge in [-0.25, -0.2) is 9.69 Å². The van der Waals surface area contributed by atoms with Gasteiger partial charge in [-0.3, -0.25) is 48.9 Å². The predicted octanol–water partition coefficient (Wildman–Crippen LogP) is 14.5. The molecule has 10 aromatic rings. The topological polar surface area (TPSA) is 333 Å². The molecule has 0 spiro atoms. The van der Waals surface area contributed by atoms with Gasteiger partial charge in [-0.2, -0.15) is 0 Å². The summed E-state index contributed by atoms with van der Waals surface area (Å²) in [7, 11) is 4.27. The van der Waals surface area contributed by atoms with Crippen molar-refractivity contribution in [2.75, 3.05) is 106 Å². The zero-order valence-electron chi connectivity index (χ0n) is 68.0. The minimum atomic E-state index is -0.826. The highest BCUT2D eigenvalue weighted by Gasteiger charge is 2.23. The van der Waals surface area contributed by atoms with Crippen molar-refractivity contribution in [1.82, 2.24) is 29.8 Å². The molecular formula is C95H103N17O7. The number of fused-ring (bicyclic) bond motifs is 6. The van der Waals surface area contributed by atoms with Crippen molar-refractivity contribution in [1.29, 1.82) is 10.8 Å². The minimum absolute atomic E-state index is 0.0104. The monoisotopic (exact) mass is 1590 g/mol. The van der Waals surface area contributed by atoms with E-state index >= 15 is 0 Å². The van der Waals surface area contributed by atoms with E-state index in [1.165, 1.54) is 44.5 Å². The molecule has 0 aliphatic carbocycles. The number of carboxylic acid groups (broad SMARTS) is 1. The number of carboxylic acids is 1. The summed E-state index contributed by atoms with van der Waals surface area (Å²) in [6, 6.07) is 62.8. The molecule has 6 aliphatic heterocycles. The van der Waals surface area contributed by atoms with Crippen molar-refractivity contribution >= 4 is 92.6 Å². The summed E-state index contributed by atoms with van der Waals surface area (Å²) in [6.45, 7) is 32.5. The van der Waals surface area contributed by atoms with E-state index in [2.05, 4.69) is 132 Å².